The van der Waals surface area contributed by atoms with Gasteiger partial charge in [0.2, 0.25) is 0 Å². The second-order valence-electron chi connectivity index (χ2n) is 4.06. The summed E-state index contributed by atoms with van der Waals surface area (Å²) in [5.74, 6) is -0.978. The van der Waals surface area contributed by atoms with Gasteiger partial charge in [-0.2, -0.15) is 5.10 Å². The number of carboxylic acids is 1. The fraction of sp³-hybridized carbons (Fsp3) is 0.167. The number of carbonyl (C=O) groups is 1. The lowest BCUT2D eigenvalue weighted by Gasteiger charge is -2.04. The molecule has 0 aliphatic heterocycles. The Hall–Kier alpha value is -2.70. The third-order valence-electron chi connectivity index (χ3n) is 2.86. The minimum atomic E-state index is -0.978. The highest BCUT2D eigenvalue weighted by atomic mass is 16.4. The normalized spacial score (nSPS) is 10.9. The number of carboxylic acid groups (broad SMARTS) is 1. The summed E-state index contributed by atoms with van der Waals surface area (Å²) < 4.78 is 3.36. The summed E-state index contributed by atoms with van der Waals surface area (Å²) in [5, 5.41) is 21.3. The summed E-state index contributed by atoms with van der Waals surface area (Å²) >= 11 is 0. The van der Waals surface area contributed by atoms with Crippen LogP contribution in [-0.4, -0.2) is 35.9 Å². The lowest BCUT2D eigenvalue weighted by Crippen LogP contribution is -2.11. The van der Waals surface area contributed by atoms with E-state index in [1.807, 2.05) is 12.3 Å². The highest BCUT2D eigenvalue weighted by Crippen LogP contribution is 2.16. The van der Waals surface area contributed by atoms with Crippen LogP contribution in [0.15, 0.2) is 36.7 Å². The third kappa shape index (κ3) is 2.05. The van der Waals surface area contributed by atoms with Crippen LogP contribution in [0.4, 0.5) is 0 Å². The Kier molecular flexibility index (Phi) is 2.71. The van der Waals surface area contributed by atoms with Crippen molar-refractivity contribution < 1.29 is 9.90 Å². The van der Waals surface area contributed by atoms with Gasteiger partial charge >= 0.3 is 5.97 Å². The van der Waals surface area contributed by atoms with Gasteiger partial charge in [-0.1, -0.05) is 11.3 Å². The fourth-order valence-electron chi connectivity index (χ4n) is 1.99. The molecule has 96 valence electrons. The first-order valence-corrected chi connectivity index (χ1v) is 5.78. The van der Waals surface area contributed by atoms with Crippen LogP contribution in [0, 0.1) is 0 Å². The fourth-order valence-corrected chi connectivity index (χ4v) is 1.99. The lowest BCUT2D eigenvalue weighted by atomic mass is 10.2. The van der Waals surface area contributed by atoms with Gasteiger partial charge in [0, 0.05) is 12.4 Å². The van der Waals surface area contributed by atoms with Crippen molar-refractivity contribution >= 4 is 17.0 Å². The van der Waals surface area contributed by atoms with Gasteiger partial charge in [0.05, 0.1) is 18.7 Å². The van der Waals surface area contributed by atoms with Gasteiger partial charge in [-0.25, -0.2) is 9.48 Å². The molecule has 1 aromatic carbocycles. The molecule has 19 heavy (non-hydrogen) atoms. The van der Waals surface area contributed by atoms with E-state index >= 15 is 0 Å². The first-order valence-electron chi connectivity index (χ1n) is 5.78. The number of aryl methyl sites for hydroxylation is 2. The van der Waals surface area contributed by atoms with Gasteiger partial charge in [0.15, 0.2) is 0 Å². The van der Waals surface area contributed by atoms with Crippen LogP contribution in [0.3, 0.4) is 0 Å². The molecule has 7 heteroatoms. The van der Waals surface area contributed by atoms with Crippen molar-refractivity contribution in [2.24, 2.45) is 0 Å². The highest BCUT2D eigenvalue weighted by Gasteiger charge is 2.14. The smallest absolute Gasteiger partial charge is 0.337 e. The van der Waals surface area contributed by atoms with Gasteiger partial charge in [-0.3, -0.25) is 4.68 Å². The summed E-state index contributed by atoms with van der Waals surface area (Å²) in [6.45, 7) is 1.13. The average Bonchev–Trinajstić information content (AvgIpc) is 3.05. The predicted molar refractivity (Wildman–Crippen MR) is 66.7 cm³/mol. The maximum absolute atomic E-state index is 11.2. The molecule has 0 unspecified atom stereocenters. The van der Waals surface area contributed by atoms with E-state index in [9.17, 15) is 9.90 Å². The molecule has 7 nitrogen and oxygen atoms in total. The largest absolute Gasteiger partial charge is 0.478 e. The topological polar surface area (TPSA) is 85.8 Å². The molecule has 0 spiro atoms. The van der Waals surface area contributed by atoms with E-state index in [1.165, 1.54) is 0 Å². The van der Waals surface area contributed by atoms with Crippen molar-refractivity contribution in [3.63, 3.8) is 0 Å². The van der Waals surface area contributed by atoms with Crippen LogP contribution in [0.5, 0.6) is 0 Å². The maximum Gasteiger partial charge on any atom is 0.337 e. The minimum Gasteiger partial charge on any atom is -0.478 e. The molecule has 0 amide bonds. The van der Waals surface area contributed by atoms with Crippen molar-refractivity contribution in [2.75, 3.05) is 0 Å². The summed E-state index contributed by atoms with van der Waals surface area (Å²) in [4.78, 5) is 11.2. The first-order chi connectivity index (χ1) is 9.25. The van der Waals surface area contributed by atoms with Crippen LogP contribution >= 0.6 is 0 Å². The summed E-state index contributed by atoms with van der Waals surface area (Å²) in [6.07, 6.45) is 3.54. The second kappa shape index (κ2) is 4.52. The Balaban J connectivity index is 1.97. The number of aromatic nitrogens is 5. The molecule has 3 aromatic rings. The van der Waals surface area contributed by atoms with E-state index < -0.39 is 5.97 Å². The van der Waals surface area contributed by atoms with E-state index in [4.69, 9.17) is 0 Å². The number of aromatic carboxylic acids is 1. The van der Waals surface area contributed by atoms with E-state index in [0.29, 0.717) is 24.1 Å². The van der Waals surface area contributed by atoms with E-state index in [2.05, 4.69) is 15.4 Å². The Morgan fingerprint density at radius 2 is 2.16 bits per heavy atom. The number of rotatable bonds is 4. The number of fused-ring (bicyclic) bond motifs is 1. The minimum absolute atomic E-state index is 0.211. The number of hydrogen-bond acceptors (Lipinski definition) is 4. The van der Waals surface area contributed by atoms with E-state index in [-0.39, 0.29) is 5.56 Å². The SMILES string of the molecule is O=C(O)c1cccc2nnn(CCn3cccn3)c12. The molecule has 1 N–H and O–H groups in total. The Bertz CT molecular complexity index is 717. The molecule has 2 aromatic heterocycles. The van der Waals surface area contributed by atoms with E-state index in [0.717, 1.165) is 0 Å². The average molecular weight is 257 g/mol. The maximum atomic E-state index is 11.2. The zero-order valence-electron chi connectivity index (χ0n) is 9.97. The summed E-state index contributed by atoms with van der Waals surface area (Å²) in [7, 11) is 0. The van der Waals surface area contributed by atoms with Gasteiger partial charge in [0.1, 0.15) is 11.0 Å². The number of nitrogens with zero attached hydrogens (tertiary/aromatic N) is 5. The van der Waals surface area contributed by atoms with Gasteiger partial charge in [0.25, 0.3) is 0 Å². The lowest BCUT2D eigenvalue weighted by molar-refractivity contribution is 0.0698. The summed E-state index contributed by atoms with van der Waals surface area (Å²) in [5.41, 5.74) is 1.34. The molecular weight excluding hydrogens is 246 g/mol. The van der Waals surface area contributed by atoms with Gasteiger partial charge in [-0.05, 0) is 18.2 Å². The molecule has 3 rings (SSSR count). The molecular formula is C12H11N5O2. The standard InChI is InChI=1S/C12H11N5O2/c18-12(19)9-3-1-4-10-11(9)17(15-14-10)8-7-16-6-2-5-13-16/h1-6H,7-8H2,(H,18,19). The Morgan fingerprint density at radius 3 is 2.89 bits per heavy atom. The molecule has 0 radical (unpaired) electrons. The first kappa shape index (κ1) is 11.4. The van der Waals surface area contributed by atoms with Crippen molar-refractivity contribution in [3.05, 3.63) is 42.2 Å². The van der Waals surface area contributed by atoms with Crippen LogP contribution in [0.2, 0.25) is 0 Å². The molecule has 0 saturated carbocycles. The van der Waals surface area contributed by atoms with Crippen LogP contribution in [0.1, 0.15) is 10.4 Å². The number of para-hydroxylation sites is 1. The molecule has 0 aliphatic carbocycles. The molecule has 0 fully saturated rings. The molecule has 0 saturated heterocycles. The van der Waals surface area contributed by atoms with Crippen molar-refractivity contribution in [3.8, 4) is 0 Å². The second-order valence-corrected chi connectivity index (χ2v) is 4.06. The number of hydrogen-bond donors (Lipinski definition) is 1. The van der Waals surface area contributed by atoms with Crippen LogP contribution in [0.25, 0.3) is 11.0 Å². The quantitative estimate of drug-likeness (QED) is 0.754. The summed E-state index contributed by atoms with van der Waals surface area (Å²) in [6, 6.07) is 6.80. The van der Waals surface area contributed by atoms with Crippen LogP contribution < -0.4 is 0 Å². The molecule has 2 heterocycles. The highest BCUT2D eigenvalue weighted by molar-refractivity contribution is 6.00. The molecule has 0 bridgehead atoms. The van der Waals surface area contributed by atoms with Gasteiger partial charge < -0.3 is 5.11 Å². The van der Waals surface area contributed by atoms with Crippen molar-refractivity contribution in [1.82, 2.24) is 24.8 Å². The van der Waals surface area contributed by atoms with E-state index in [1.54, 1.807) is 33.8 Å². The Morgan fingerprint density at radius 1 is 1.26 bits per heavy atom. The Labute approximate surface area is 108 Å². The monoisotopic (exact) mass is 257 g/mol. The zero-order valence-corrected chi connectivity index (χ0v) is 9.97. The number of benzene rings is 1. The predicted octanol–water partition coefficient (Wildman–Crippen LogP) is 1.03. The van der Waals surface area contributed by atoms with Crippen molar-refractivity contribution in [1.29, 1.82) is 0 Å². The zero-order chi connectivity index (χ0) is 13.2. The third-order valence-corrected chi connectivity index (χ3v) is 2.86. The van der Waals surface area contributed by atoms with Crippen LogP contribution in [-0.2, 0) is 13.1 Å². The van der Waals surface area contributed by atoms with Gasteiger partial charge in [-0.15, -0.1) is 5.10 Å². The molecule has 0 atom stereocenters. The van der Waals surface area contributed by atoms with Crippen molar-refractivity contribution in [2.45, 2.75) is 13.1 Å². The molecule has 0 aliphatic rings.